The fourth-order valence-corrected chi connectivity index (χ4v) is 8.27. The van der Waals surface area contributed by atoms with Gasteiger partial charge in [0.2, 0.25) is 10.0 Å². The molecular formula is C28H29ClF5N3O3S. The summed E-state index contributed by atoms with van der Waals surface area (Å²) < 4.78 is 95.1. The first-order chi connectivity index (χ1) is 19.0. The van der Waals surface area contributed by atoms with E-state index in [4.69, 9.17) is 11.6 Å². The Morgan fingerprint density at radius 1 is 1.10 bits per heavy atom. The zero-order valence-electron chi connectivity index (χ0n) is 22.4. The maximum absolute atomic E-state index is 14.2. The number of nitrogens with one attached hydrogen (secondary N) is 1. The van der Waals surface area contributed by atoms with Gasteiger partial charge >= 0.3 is 6.18 Å². The van der Waals surface area contributed by atoms with E-state index < -0.39 is 61.8 Å². The highest BCUT2D eigenvalue weighted by Gasteiger charge is 2.75. The van der Waals surface area contributed by atoms with Crippen molar-refractivity contribution < 1.29 is 35.2 Å². The molecule has 0 radical (unpaired) electrons. The number of rotatable bonds is 10. The molecule has 1 N–H and O–H groups in total. The monoisotopic (exact) mass is 617 g/mol. The van der Waals surface area contributed by atoms with Crippen LogP contribution in [-0.4, -0.2) is 47.6 Å². The molecule has 2 bridgehead atoms. The third kappa shape index (κ3) is 5.38. The highest BCUT2D eigenvalue weighted by atomic mass is 35.5. The predicted octanol–water partition coefficient (Wildman–Crippen LogP) is 6.18. The largest absolute Gasteiger partial charge is 0.389 e. The average molecular weight is 618 g/mol. The van der Waals surface area contributed by atoms with E-state index >= 15 is 0 Å². The standard InChI is InChI=1S/C28H29ClF5N3O3S/c1-25(2)23(21(38)9-6-10-28(32,33)34)35-24(36-25)26-14-27(15-26,16-26)37(41(39,40)18-7-4-3-5-8-18)13-17-11-19(30)22(29)20(31)12-17/h3-5,7-8,11-12,23H,6,9-10,13-16H2,1-2H3,(H,35,36)/t23-,26?,27?/m0/s1. The SMILES string of the molecule is CC1(C)NC(C23CC(N(Cc4cc(F)c(Cl)c(F)c4)S(=O)(=O)c4ccccc4)(C2)C3)=N[C@H]1C(=O)CCCC(F)(F)F. The first-order valence-corrected chi connectivity index (χ1v) is 15.0. The van der Waals surface area contributed by atoms with Gasteiger partial charge in [0.05, 0.1) is 10.4 Å². The van der Waals surface area contributed by atoms with Gasteiger partial charge in [-0.2, -0.15) is 17.5 Å². The molecule has 1 atom stereocenters. The first-order valence-electron chi connectivity index (χ1n) is 13.2. The summed E-state index contributed by atoms with van der Waals surface area (Å²) in [6.07, 6.45) is -4.86. The molecule has 6 rings (SSSR count). The molecule has 2 aromatic carbocycles. The minimum absolute atomic E-state index is 0.0377. The summed E-state index contributed by atoms with van der Waals surface area (Å²) in [6.45, 7) is 3.23. The van der Waals surface area contributed by atoms with E-state index in [1.54, 1.807) is 32.0 Å². The second kappa shape index (κ2) is 10.0. The number of alkyl halides is 3. The Morgan fingerprint density at radius 3 is 2.24 bits per heavy atom. The van der Waals surface area contributed by atoms with Crippen LogP contribution in [0.2, 0.25) is 5.02 Å². The van der Waals surface area contributed by atoms with Crippen molar-refractivity contribution in [2.45, 2.75) is 87.1 Å². The lowest BCUT2D eigenvalue weighted by atomic mass is 9.38. The molecule has 3 fully saturated rings. The van der Waals surface area contributed by atoms with Crippen molar-refractivity contribution in [2.75, 3.05) is 0 Å². The van der Waals surface area contributed by atoms with Crippen molar-refractivity contribution in [2.24, 2.45) is 10.4 Å². The number of hydrogen-bond acceptors (Lipinski definition) is 5. The lowest BCUT2D eigenvalue weighted by Crippen LogP contribution is -2.78. The molecule has 0 saturated heterocycles. The topological polar surface area (TPSA) is 78.8 Å². The number of hydrogen-bond donors (Lipinski definition) is 1. The van der Waals surface area contributed by atoms with Gasteiger partial charge in [0.1, 0.15) is 28.5 Å². The molecule has 0 amide bonds. The molecule has 3 aliphatic carbocycles. The van der Waals surface area contributed by atoms with Gasteiger partial charge in [-0.15, -0.1) is 0 Å². The summed E-state index contributed by atoms with van der Waals surface area (Å²) in [5.74, 6) is -1.83. The van der Waals surface area contributed by atoms with Crippen LogP contribution in [0.5, 0.6) is 0 Å². The molecule has 0 unspecified atom stereocenters. The van der Waals surface area contributed by atoms with Crippen LogP contribution in [0.15, 0.2) is 52.4 Å². The van der Waals surface area contributed by atoms with Gasteiger partial charge in [0.25, 0.3) is 0 Å². The number of aliphatic imine (C=N–C) groups is 1. The third-order valence-electron chi connectivity index (χ3n) is 8.31. The molecule has 1 heterocycles. The van der Waals surface area contributed by atoms with E-state index in [2.05, 4.69) is 10.3 Å². The van der Waals surface area contributed by atoms with Crippen molar-refractivity contribution in [1.82, 2.24) is 9.62 Å². The van der Waals surface area contributed by atoms with Gasteiger partial charge < -0.3 is 5.32 Å². The van der Waals surface area contributed by atoms with Crippen molar-refractivity contribution in [1.29, 1.82) is 0 Å². The van der Waals surface area contributed by atoms with E-state index in [1.165, 1.54) is 16.4 Å². The number of sulfonamides is 1. The smallest absolute Gasteiger partial charge is 0.366 e. The second-order valence-corrected chi connectivity index (χ2v) is 14.1. The van der Waals surface area contributed by atoms with Crippen LogP contribution < -0.4 is 5.32 Å². The van der Waals surface area contributed by atoms with Crippen LogP contribution in [0.1, 0.15) is 57.9 Å². The molecule has 2 aromatic rings. The van der Waals surface area contributed by atoms with Crippen LogP contribution in [0.25, 0.3) is 0 Å². The lowest BCUT2D eigenvalue weighted by molar-refractivity contribution is -0.151. The molecule has 4 aliphatic rings. The highest BCUT2D eigenvalue weighted by Crippen LogP contribution is 2.71. The molecule has 0 aromatic heterocycles. The Morgan fingerprint density at radius 2 is 1.68 bits per heavy atom. The second-order valence-electron chi connectivity index (χ2n) is 11.9. The maximum atomic E-state index is 14.2. The van der Waals surface area contributed by atoms with Gasteiger partial charge in [-0.1, -0.05) is 29.8 Å². The van der Waals surface area contributed by atoms with E-state index in [-0.39, 0.29) is 35.6 Å². The Bertz CT molecular complexity index is 1470. The van der Waals surface area contributed by atoms with E-state index in [1.807, 2.05) is 0 Å². The van der Waals surface area contributed by atoms with Crippen LogP contribution in [0.3, 0.4) is 0 Å². The lowest BCUT2D eigenvalue weighted by Gasteiger charge is -2.73. The summed E-state index contributed by atoms with van der Waals surface area (Å²) in [6, 6.07) is 8.91. The average Bonchev–Trinajstić information content (AvgIpc) is 3.14. The minimum Gasteiger partial charge on any atom is -0.366 e. The number of nitrogens with zero attached hydrogens (tertiary/aromatic N) is 2. The van der Waals surface area contributed by atoms with Crippen molar-refractivity contribution in [3.05, 3.63) is 64.7 Å². The molecule has 0 spiro atoms. The van der Waals surface area contributed by atoms with Gasteiger partial charge in [0, 0.05) is 30.3 Å². The summed E-state index contributed by atoms with van der Waals surface area (Å²) in [4.78, 5) is 17.5. The van der Waals surface area contributed by atoms with Gasteiger partial charge in [-0.05, 0) is 69.4 Å². The molecule has 222 valence electrons. The summed E-state index contributed by atoms with van der Waals surface area (Å²) in [7, 11) is -4.09. The number of Topliss-reactive ketones (excluding diaryl/α,β-unsaturated/α-hetero) is 1. The highest BCUT2D eigenvalue weighted by molar-refractivity contribution is 7.89. The molecule has 6 nitrogen and oxygen atoms in total. The van der Waals surface area contributed by atoms with Crippen molar-refractivity contribution >= 4 is 33.2 Å². The normalized spacial score (nSPS) is 26.7. The predicted molar refractivity (Wildman–Crippen MR) is 143 cm³/mol. The fourth-order valence-electron chi connectivity index (χ4n) is 6.38. The van der Waals surface area contributed by atoms with Crippen molar-refractivity contribution in [3.8, 4) is 0 Å². The summed E-state index contributed by atoms with van der Waals surface area (Å²) in [5.41, 5.74) is -2.09. The molecule has 3 saturated carbocycles. The van der Waals surface area contributed by atoms with Crippen LogP contribution in [0, 0.1) is 17.0 Å². The molecule has 13 heteroatoms. The first kappa shape index (κ1) is 29.9. The van der Waals surface area contributed by atoms with Gasteiger partial charge in [-0.25, -0.2) is 17.2 Å². The number of carbonyl (C=O) groups is 1. The minimum atomic E-state index is -4.34. The summed E-state index contributed by atoms with van der Waals surface area (Å²) >= 11 is 5.63. The van der Waals surface area contributed by atoms with Crippen LogP contribution >= 0.6 is 11.6 Å². The van der Waals surface area contributed by atoms with E-state index in [0.29, 0.717) is 25.1 Å². The fraction of sp³-hybridized carbons (Fsp3) is 0.500. The summed E-state index contributed by atoms with van der Waals surface area (Å²) in [5, 5.41) is 2.60. The third-order valence-corrected chi connectivity index (χ3v) is 10.6. The number of halogens is 6. The number of benzene rings is 2. The Hall–Kier alpha value is -2.57. The molecule has 1 aliphatic heterocycles. The van der Waals surface area contributed by atoms with Crippen molar-refractivity contribution in [3.63, 3.8) is 0 Å². The maximum Gasteiger partial charge on any atom is 0.389 e. The Kier molecular flexibility index (Phi) is 7.30. The van der Waals surface area contributed by atoms with Gasteiger partial charge in [0.15, 0.2) is 5.78 Å². The molecular weight excluding hydrogens is 589 g/mol. The zero-order valence-corrected chi connectivity index (χ0v) is 23.9. The Balaban J connectivity index is 1.38. The van der Waals surface area contributed by atoms with E-state index in [9.17, 15) is 35.2 Å². The Labute approximate surface area is 240 Å². The number of amidine groups is 1. The zero-order chi connectivity index (χ0) is 30.0. The number of ketones is 1. The van der Waals surface area contributed by atoms with Gasteiger partial charge in [-0.3, -0.25) is 9.79 Å². The van der Waals surface area contributed by atoms with E-state index in [0.717, 1.165) is 12.1 Å². The number of carbonyl (C=O) groups excluding carboxylic acids is 1. The quantitative estimate of drug-likeness (QED) is 0.255. The van der Waals surface area contributed by atoms with Crippen LogP contribution in [-0.2, 0) is 21.4 Å². The molecule has 41 heavy (non-hydrogen) atoms. The van der Waals surface area contributed by atoms with Crippen LogP contribution in [0.4, 0.5) is 22.0 Å².